The first-order valence-electron chi connectivity index (χ1n) is 10.1. The number of amides is 1. The van der Waals surface area contributed by atoms with Crippen LogP contribution in [0.2, 0.25) is 5.15 Å². The summed E-state index contributed by atoms with van der Waals surface area (Å²) in [6.45, 7) is 3.45. The lowest BCUT2D eigenvalue weighted by Gasteiger charge is -2.31. The molecule has 3 aromatic rings. The molecule has 0 aromatic carbocycles. The molecule has 0 bridgehead atoms. The molecule has 0 saturated carbocycles. The molecule has 1 saturated heterocycles. The highest BCUT2D eigenvalue weighted by Gasteiger charge is 2.21. The van der Waals surface area contributed by atoms with Gasteiger partial charge in [0.25, 0.3) is 5.91 Å². The van der Waals surface area contributed by atoms with E-state index in [0.29, 0.717) is 12.5 Å². The zero-order valence-corrected chi connectivity index (χ0v) is 18.5. The lowest BCUT2D eigenvalue weighted by atomic mass is 9.96. The fraction of sp³-hybridized carbons (Fsp3) is 0.333. The molecule has 1 amide bonds. The van der Waals surface area contributed by atoms with E-state index in [4.69, 9.17) is 23.1 Å². The SMILES string of the molecule is Nc1cc(C(=O)NCC2CCN(Cc3cnc(-c4ccccn4)s3)CC2)nc(Cl)c1N. The molecule has 31 heavy (non-hydrogen) atoms. The van der Waals surface area contributed by atoms with Gasteiger partial charge in [-0.3, -0.25) is 14.7 Å². The number of nitrogens with zero attached hydrogens (tertiary/aromatic N) is 4. The zero-order chi connectivity index (χ0) is 21.8. The summed E-state index contributed by atoms with van der Waals surface area (Å²) in [7, 11) is 0. The summed E-state index contributed by atoms with van der Waals surface area (Å²) in [5.41, 5.74) is 13.0. The molecule has 0 radical (unpaired) electrons. The summed E-state index contributed by atoms with van der Waals surface area (Å²) in [6.07, 6.45) is 5.76. The van der Waals surface area contributed by atoms with Gasteiger partial charge in [0.2, 0.25) is 0 Å². The van der Waals surface area contributed by atoms with Crippen LogP contribution in [0.5, 0.6) is 0 Å². The molecule has 0 atom stereocenters. The fourth-order valence-corrected chi connectivity index (χ4v) is 4.68. The Bertz CT molecular complexity index is 1030. The first-order chi connectivity index (χ1) is 15.0. The first kappa shape index (κ1) is 21.5. The van der Waals surface area contributed by atoms with E-state index < -0.39 is 0 Å². The van der Waals surface area contributed by atoms with Crippen molar-refractivity contribution in [2.45, 2.75) is 19.4 Å². The van der Waals surface area contributed by atoms with Crippen molar-refractivity contribution < 1.29 is 4.79 Å². The number of hydrogen-bond donors (Lipinski definition) is 3. The van der Waals surface area contributed by atoms with Crippen molar-refractivity contribution in [2.24, 2.45) is 5.92 Å². The minimum absolute atomic E-state index is 0.0488. The van der Waals surface area contributed by atoms with Gasteiger partial charge < -0.3 is 16.8 Å². The molecule has 0 aliphatic carbocycles. The van der Waals surface area contributed by atoms with Crippen LogP contribution in [-0.2, 0) is 6.54 Å². The number of rotatable bonds is 6. The van der Waals surface area contributed by atoms with Crippen molar-refractivity contribution >= 4 is 40.2 Å². The third-order valence-corrected chi connectivity index (χ3v) is 6.64. The Labute approximate surface area is 189 Å². The van der Waals surface area contributed by atoms with Crippen LogP contribution < -0.4 is 16.8 Å². The van der Waals surface area contributed by atoms with E-state index >= 15 is 0 Å². The highest BCUT2D eigenvalue weighted by molar-refractivity contribution is 7.14. The Morgan fingerprint density at radius 3 is 2.77 bits per heavy atom. The van der Waals surface area contributed by atoms with Crippen molar-refractivity contribution in [1.82, 2.24) is 25.2 Å². The number of anilines is 2. The van der Waals surface area contributed by atoms with Crippen LogP contribution in [0.4, 0.5) is 11.4 Å². The number of thiazole rings is 1. The molecule has 1 fully saturated rings. The molecule has 0 unspecified atom stereocenters. The monoisotopic (exact) mass is 457 g/mol. The number of carbonyl (C=O) groups is 1. The van der Waals surface area contributed by atoms with Gasteiger partial charge in [-0.25, -0.2) is 9.97 Å². The van der Waals surface area contributed by atoms with Crippen LogP contribution in [0.25, 0.3) is 10.7 Å². The van der Waals surface area contributed by atoms with E-state index in [1.165, 1.54) is 10.9 Å². The number of nitrogens with one attached hydrogen (secondary N) is 1. The number of nitrogens with two attached hydrogens (primary N) is 2. The molecule has 1 aliphatic heterocycles. The Morgan fingerprint density at radius 2 is 2.06 bits per heavy atom. The van der Waals surface area contributed by atoms with Gasteiger partial charge in [0.1, 0.15) is 10.7 Å². The molecule has 8 nitrogen and oxygen atoms in total. The van der Waals surface area contributed by atoms with Gasteiger partial charge in [0.05, 0.1) is 17.1 Å². The smallest absolute Gasteiger partial charge is 0.270 e. The predicted molar refractivity (Wildman–Crippen MR) is 124 cm³/mol. The van der Waals surface area contributed by atoms with Crippen LogP contribution in [0, 0.1) is 5.92 Å². The summed E-state index contributed by atoms with van der Waals surface area (Å²) in [5.74, 6) is 0.134. The Kier molecular flexibility index (Phi) is 6.64. The molecule has 4 heterocycles. The molecule has 4 rings (SSSR count). The standard InChI is InChI=1S/C21H24ClN7OS/c22-19-18(24)15(23)9-17(28-19)20(30)26-10-13-4-7-29(8-5-13)12-14-11-27-21(31-14)16-3-1-2-6-25-16/h1-3,6,9,11,13H,4-5,7-8,10,12,24H2,(H2,23,28)(H,26,30). The van der Waals surface area contributed by atoms with Crippen LogP contribution in [-0.4, -0.2) is 45.4 Å². The largest absolute Gasteiger partial charge is 0.397 e. The molecule has 3 aromatic heterocycles. The topological polar surface area (TPSA) is 123 Å². The van der Waals surface area contributed by atoms with E-state index in [9.17, 15) is 4.79 Å². The molecule has 162 valence electrons. The number of hydrogen-bond acceptors (Lipinski definition) is 8. The van der Waals surface area contributed by atoms with Crippen LogP contribution in [0.1, 0.15) is 28.2 Å². The summed E-state index contributed by atoms with van der Waals surface area (Å²) < 4.78 is 0. The van der Waals surface area contributed by atoms with Gasteiger partial charge in [-0.15, -0.1) is 11.3 Å². The van der Waals surface area contributed by atoms with Gasteiger partial charge >= 0.3 is 0 Å². The number of likely N-dealkylation sites (tertiary alicyclic amines) is 1. The van der Waals surface area contributed by atoms with Crippen LogP contribution in [0.15, 0.2) is 36.7 Å². The number of aromatic nitrogens is 3. The number of halogens is 1. The van der Waals surface area contributed by atoms with Crippen molar-refractivity contribution in [2.75, 3.05) is 31.1 Å². The third kappa shape index (κ3) is 5.30. The average molecular weight is 458 g/mol. The zero-order valence-electron chi connectivity index (χ0n) is 16.9. The minimum Gasteiger partial charge on any atom is -0.397 e. The second-order valence-corrected chi connectivity index (χ2v) is 9.05. The van der Waals surface area contributed by atoms with Crippen molar-refractivity contribution in [3.05, 3.63) is 52.4 Å². The van der Waals surface area contributed by atoms with E-state index in [-0.39, 0.29) is 28.1 Å². The average Bonchev–Trinajstić information content (AvgIpc) is 3.25. The molecule has 0 spiro atoms. The Balaban J connectivity index is 1.24. The summed E-state index contributed by atoms with van der Waals surface area (Å²) >= 11 is 7.61. The van der Waals surface area contributed by atoms with Crippen molar-refractivity contribution in [3.8, 4) is 10.7 Å². The van der Waals surface area contributed by atoms with E-state index in [1.54, 1.807) is 17.5 Å². The summed E-state index contributed by atoms with van der Waals surface area (Å²) in [4.78, 5) is 28.9. The maximum Gasteiger partial charge on any atom is 0.270 e. The Morgan fingerprint density at radius 1 is 1.26 bits per heavy atom. The van der Waals surface area contributed by atoms with Crippen LogP contribution >= 0.6 is 22.9 Å². The second kappa shape index (κ2) is 9.59. The van der Waals surface area contributed by atoms with E-state index in [2.05, 4.69) is 25.2 Å². The summed E-state index contributed by atoms with van der Waals surface area (Å²) in [5, 5.41) is 3.94. The van der Waals surface area contributed by atoms with Gasteiger partial charge in [0.15, 0.2) is 5.15 Å². The molecule has 1 aliphatic rings. The number of pyridine rings is 2. The van der Waals surface area contributed by atoms with Gasteiger partial charge in [-0.2, -0.15) is 0 Å². The molecular formula is C21H24ClN7OS. The highest BCUT2D eigenvalue weighted by atomic mass is 35.5. The van der Waals surface area contributed by atoms with Crippen molar-refractivity contribution in [3.63, 3.8) is 0 Å². The molecule has 5 N–H and O–H groups in total. The predicted octanol–water partition coefficient (Wildman–Crippen LogP) is 3.06. The number of carbonyl (C=O) groups excluding carboxylic acids is 1. The lowest BCUT2D eigenvalue weighted by molar-refractivity contribution is 0.0930. The van der Waals surface area contributed by atoms with E-state index in [1.807, 2.05) is 24.4 Å². The maximum atomic E-state index is 12.4. The highest BCUT2D eigenvalue weighted by Crippen LogP contribution is 2.26. The number of nitrogen functional groups attached to an aromatic ring is 2. The third-order valence-electron chi connectivity index (χ3n) is 5.35. The van der Waals surface area contributed by atoms with Gasteiger partial charge in [-0.1, -0.05) is 17.7 Å². The Hall–Kier alpha value is -2.75. The molecule has 10 heteroatoms. The maximum absolute atomic E-state index is 12.4. The molecular weight excluding hydrogens is 434 g/mol. The quantitative estimate of drug-likeness (QED) is 0.486. The van der Waals surface area contributed by atoms with Gasteiger partial charge in [0, 0.05) is 30.4 Å². The fourth-order valence-electron chi connectivity index (χ4n) is 3.54. The van der Waals surface area contributed by atoms with Crippen molar-refractivity contribution in [1.29, 1.82) is 0 Å². The minimum atomic E-state index is -0.289. The van der Waals surface area contributed by atoms with Crippen LogP contribution in [0.3, 0.4) is 0 Å². The summed E-state index contributed by atoms with van der Waals surface area (Å²) in [6, 6.07) is 7.30. The van der Waals surface area contributed by atoms with E-state index in [0.717, 1.165) is 43.2 Å². The second-order valence-electron chi connectivity index (χ2n) is 7.58. The normalized spacial score (nSPS) is 15.1. The number of piperidine rings is 1. The first-order valence-corrected chi connectivity index (χ1v) is 11.3. The van der Waals surface area contributed by atoms with Gasteiger partial charge in [-0.05, 0) is 50.0 Å². The lowest BCUT2D eigenvalue weighted by Crippen LogP contribution is -2.38.